The fourth-order valence-corrected chi connectivity index (χ4v) is 2.67. The predicted octanol–water partition coefficient (Wildman–Crippen LogP) is 0.680. The third-order valence-corrected chi connectivity index (χ3v) is 3.97. The van der Waals surface area contributed by atoms with Crippen LogP contribution in [0.15, 0.2) is 4.42 Å². The number of amides is 2. The SMILES string of the molecule is COCCN1CC(C(=O)Nc2oc(C)c(C(=O)OC)c2C#N)CC1=O. The molecular formula is C16H19N3O6. The van der Waals surface area contributed by atoms with Crippen molar-refractivity contribution in [3.63, 3.8) is 0 Å². The molecule has 2 rings (SSSR count). The van der Waals surface area contributed by atoms with Crippen LogP contribution in [0.2, 0.25) is 0 Å². The van der Waals surface area contributed by atoms with Crippen molar-refractivity contribution in [1.82, 2.24) is 4.90 Å². The molecule has 1 aliphatic heterocycles. The molecule has 1 saturated heterocycles. The molecule has 1 fully saturated rings. The van der Waals surface area contributed by atoms with Crippen molar-refractivity contribution in [3.05, 3.63) is 16.9 Å². The molecule has 9 heteroatoms. The molecule has 1 aliphatic rings. The summed E-state index contributed by atoms with van der Waals surface area (Å²) >= 11 is 0. The topological polar surface area (TPSA) is 122 Å². The zero-order valence-corrected chi connectivity index (χ0v) is 14.2. The molecule has 0 radical (unpaired) electrons. The smallest absolute Gasteiger partial charge is 0.342 e. The van der Waals surface area contributed by atoms with Gasteiger partial charge in [-0.2, -0.15) is 5.26 Å². The summed E-state index contributed by atoms with van der Waals surface area (Å²) in [6, 6.07) is 1.84. The molecule has 0 bridgehead atoms. The van der Waals surface area contributed by atoms with Crippen molar-refractivity contribution in [2.75, 3.05) is 39.2 Å². The number of furan rings is 1. The number of hydrogen-bond donors (Lipinski definition) is 1. The van der Waals surface area contributed by atoms with E-state index in [1.54, 1.807) is 4.90 Å². The molecular weight excluding hydrogens is 330 g/mol. The van der Waals surface area contributed by atoms with E-state index in [1.807, 2.05) is 6.07 Å². The first-order valence-corrected chi connectivity index (χ1v) is 7.62. The number of nitriles is 1. The zero-order chi connectivity index (χ0) is 18.6. The lowest BCUT2D eigenvalue weighted by atomic mass is 10.1. The molecule has 134 valence electrons. The van der Waals surface area contributed by atoms with Crippen LogP contribution in [0.1, 0.15) is 28.1 Å². The summed E-state index contributed by atoms with van der Waals surface area (Å²) < 4.78 is 14.9. The first-order chi connectivity index (χ1) is 11.9. The highest BCUT2D eigenvalue weighted by atomic mass is 16.5. The lowest BCUT2D eigenvalue weighted by molar-refractivity contribution is -0.128. The summed E-state index contributed by atoms with van der Waals surface area (Å²) in [6.07, 6.45) is 0.0704. The molecule has 0 aliphatic carbocycles. The molecule has 0 saturated carbocycles. The Morgan fingerprint density at radius 2 is 2.16 bits per heavy atom. The summed E-state index contributed by atoms with van der Waals surface area (Å²) in [7, 11) is 2.72. The largest absolute Gasteiger partial charge is 0.465 e. The average Bonchev–Trinajstić information content (AvgIpc) is 3.11. The second-order valence-corrected chi connectivity index (χ2v) is 5.56. The molecule has 0 spiro atoms. The molecule has 1 aromatic heterocycles. The van der Waals surface area contributed by atoms with Gasteiger partial charge in [0.25, 0.3) is 0 Å². The third-order valence-electron chi connectivity index (χ3n) is 3.97. The van der Waals surface area contributed by atoms with Crippen molar-refractivity contribution in [2.45, 2.75) is 13.3 Å². The normalized spacial score (nSPS) is 16.6. The molecule has 1 unspecified atom stereocenters. The van der Waals surface area contributed by atoms with Crippen LogP contribution < -0.4 is 5.32 Å². The maximum atomic E-state index is 12.4. The first-order valence-electron chi connectivity index (χ1n) is 7.62. The van der Waals surface area contributed by atoms with E-state index in [1.165, 1.54) is 21.1 Å². The van der Waals surface area contributed by atoms with Gasteiger partial charge in [0.05, 0.1) is 19.6 Å². The van der Waals surface area contributed by atoms with Gasteiger partial charge in [-0.25, -0.2) is 4.79 Å². The van der Waals surface area contributed by atoms with Gasteiger partial charge in [-0.3, -0.25) is 14.9 Å². The number of likely N-dealkylation sites (tertiary alicyclic amines) is 1. The summed E-state index contributed by atoms with van der Waals surface area (Å²) in [6.45, 7) is 2.56. The Morgan fingerprint density at radius 3 is 2.76 bits per heavy atom. The first kappa shape index (κ1) is 18.5. The lowest BCUT2D eigenvalue weighted by Crippen LogP contribution is -2.30. The minimum absolute atomic E-state index is 0.0236. The van der Waals surface area contributed by atoms with Gasteiger partial charge in [-0.1, -0.05) is 0 Å². The quantitative estimate of drug-likeness (QED) is 0.749. The Kier molecular flexibility index (Phi) is 5.77. The Bertz CT molecular complexity index is 733. The number of anilines is 1. The average molecular weight is 349 g/mol. The van der Waals surface area contributed by atoms with Gasteiger partial charge in [0.1, 0.15) is 23.0 Å². The Morgan fingerprint density at radius 1 is 1.44 bits per heavy atom. The van der Waals surface area contributed by atoms with Gasteiger partial charge in [-0.15, -0.1) is 0 Å². The molecule has 2 heterocycles. The van der Waals surface area contributed by atoms with Crippen molar-refractivity contribution in [2.24, 2.45) is 5.92 Å². The summed E-state index contributed by atoms with van der Waals surface area (Å²) in [5, 5.41) is 11.8. The highest BCUT2D eigenvalue weighted by Gasteiger charge is 2.35. The van der Waals surface area contributed by atoms with Gasteiger partial charge < -0.3 is 18.8 Å². The molecule has 2 amide bonds. The number of ether oxygens (including phenoxy) is 2. The molecule has 9 nitrogen and oxygen atoms in total. The minimum atomic E-state index is -0.722. The number of nitrogens with zero attached hydrogens (tertiary/aromatic N) is 2. The van der Waals surface area contributed by atoms with Gasteiger partial charge in [0.15, 0.2) is 0 Å². The van der Waals surface area contributed by atoms with Crippen LogP contribution in [0.5, 0.6) is 0 Å². The van der Waals surface area contributed by atoms with Crippen LogP contribution in [-0.2, 0) is 19.1 Å². The van der Waals surface area contributed by atoms with Crippen molar-refractivity contribution >= 4 is 23.7 Å². The Hall–Kier alpha value is -2.86. The molecule has 1 aromatic rings. The van der Waals surface area contributed by atoms with Gasteiger partial charge in [0.2, 0.25) is 17.7 Å². The van der Waals surface area contributed by atoms with Crippen LogP contribution in [0, 0.1) is 24.2 Å². The van der Waals surface area contributed by atoms with Crippen LogP contribution in [0.25, 0.3) is 0 Å². The highest BCUT2D eigenvalue weighted by Crippen LogP contribution is 2.28. The monoisotopic (exact) mass is 349 g/mol. The maximum Gasteiger partial charge on any atom is 0.342 e. The minimum Gasteiger partial charge on any atom is -0.465 e. The van der Waals surface area contributed by atoms with Crippen molar-refractivity contribution in [1.29, 1.82) is 5.26 Å². The molecule has 25 heavy (non-hydrogen) atoms. The Balaban J connectivity index is 2.13. The number of rotatable bonds is 6. The third kappa shape index (κ3) is 3.80. The van der Waals surface area contributed by atoms with Crippen molar-refractivity contribution in [3.8, 4) is 6.07 Å². The summed E-state index contributed by atoms with van der Waals surface area (Å²) in [5.41, 5.74) is -0.122. The van der Waals surface area contributed by atoms with Crippen LogP contribution in [0.4, 0.5) is 5.88 Å². The highest BCUT2D eigenvalue weighted by molar-refractivity contribution is 6.00. The van der Waals surface area contributed by atoms with Gasteiger partial charge in [-0.05, 0) is 6.92 Å². The fraction of sp³-hybridized carbons (Fsp3) is 0.500. The van der Waals surface area contributed by atoms with E-state index < -0.39 is 17.8 Å². The number of carbonyl (C=O) groups excluding carboxylic acids is 3. The fourth-order valence-electron chi connectivity index (χ4n) is 2.67. The molecule has 1 atom stereocenters. The second kappa shape index (κ2) is 7.81. The predicted molar refractivity (Wildman–Crippen MR) is 84.7 cm³/mol. The van der Waals surface area contributed by atoms with E-state index >= 15 is 0 Å². The summed E-state index contributed by atoms with van der Waals surface area (Å²) in [4.78, 5) is 37.6. The van der Waals surface area contributed by atoms with Gasteiger partial charge in [0, 0.05) is 26.6 Å². The molecule has 0 aromatic carbocycles. The lowest BCUT2D eigenvalue weighted by Gasteiger charge is -2.15. The van der Waals surface area contributed by atoms with E-state index in [-0.39, 0.29) is 41.6 Å². The van der Waals surface area contributed by atoms with E-state index in [4.69, 9.17) is 9.15 Å². The summed E-state index contributed by atoms with van der Waals surface area (Å²) in [5.74, 6) is -1.82. The second-order valence-electron chi connectivity index (χ2n) is 5.56. The number of methoxy groups -OCH3 is 2. The van der Waals surface area contributed by atoms with E-state index in [2.05, 4.69) is 10.1 Å². The standard InChI is InChI=1S/C16H19N3O6/c1-9-13(16(22)24-3)11(7-17)15(25-9)18-14(21)10-6-12(20)19(8-10)4-5-23-2/h10H,4-6,8H2,1-3H3,(H,18,21). The van der Waals surface area contributed by atoms with Crippen LogP contribution >= 0.6 is 0 Å². The van der Waals surface area contributed by atoms with Gasteiger partial charge >= 0.3 is 5.97 Å². The molecule has 1 N–H and O–H groups in total. The number of carbonyl (C=O) groups is 3. The van der Waals surface area contributed by atoms with E-state index in [0.717, 1.165) is 0 Å². The van der Waals surface area contributed by atoms with E-state index in [0.29, 0.717) is 13.2 Å². The van der Waals surface area contributed by atoms with Crippen molar-refractivity contribution < 1.29 is 28.3 Å². The zero-order valence-electron chi connectivity index (χ0n) is 14.2. The maximum absolute atomic E-state index is 12.4. The van der Waals surface area contributed by atoms with E-state index in [9.17, 15) is 19.6 Å². The van der Waals surface area contributed by atoms with Crippen LogP contribution in [0.3, 0.4) is 0 Å². The number of aryl methyl sites for hydroxylation is 1. The number of nitrogens with one attached hydrogen (secondary N) is 1. The number of esters is 1. The number of hydrogen-bond acceptors (Lipinski definition) is 7. The Labute approximate surface area is 144 Å². The van der Waals surface area contributed by atoms with Crippen LogP contribution in [-0.4, -0.2) is 56.6 Å².